The zero-order valence-corrected chi connectivity index (χ0v) is 9.84. The Hall–Kier alpha value is -1.61. The number of carbonyl (C=O) groups excluding carboxylic acids is 1. The van der Waals surface area contributed by atoms with Gasteiger partial charge in [-0.1, -0.05) is 6.07 Å². The van der Waals surface area contributed by atoms with Gasteiger partial charge < -0.3 is 10.6 Å². The Bertz CT molecular complexity index is 410. The third-order valence-corrected chi connectivity index (χ3v) is 2.41. The van der Waals surface area contributed by atoms with Crippen LogP contribution in [0.15, 0.2) is 22.7 Å². The zero-order valence-electron chi connectivity index (χ0n) is 8.26. The summed E-state index contributed by atoms with van der Waals surface area (Å²) in [5.74, 6) is -0.806. The summed E-state index contributed by atoms with van der Waals surface area (Å²) in [4.78, 5) is 11.1. The van der Waals surface area contributed by atoms with E-state index in [1.54, 1.807) is 18.2 Å². The van der Waals surface area contributed by atoms with Gasteiger partial charge in [0.15, 0.2) is 0 Å². The van der Waals surface area contributed by atoms with E-state index in [9.17, 15) is 9.18 Å². The van der Waals surface area contributed by atoms with Crippen LogP contribution < -0.4 is 10.6 Å². The number of benzene rings is 1. The monoisotopic (exact) mass is 285 g/mol. The predicted octanol–water partition coefficient (Wildman–Crippen LogP) is 1.64. The van der Waals surface area contributed by atoms with Crippen LogP contribution in [-0.4, -0.2) is 19.0 Å². The van der Waals surface area contributed by atoms with E-state index in [4.69, 9.17) is 5.26 Å². The van der Waals surface area contributed by atoms with Gasteiger partial charge in [0.1, 0.15) is 12.4 Å². The molecule has 0 unspecified atom stereocenters. The standard InChI is InChI=1S/C10H9BrFN3O/c11-7-2-1-3-8(12)10(7)15-6-9(16)14-5-4-13/h1-3,15H,5-6H2,(H,14,16). The number of carbonyl (C=O) groups is 1. The molecular formula is C10H9BrFN3O. The summed E-state index contributed by atoms with van der Waals surface area (Å²) in [6.45, 7) is -0.139. The molecule has 1 aromatic carbocycles. The number of anilines is 1. The molecule has 0 radical (unpaired) electrons. The van der Waals surface area contributed by atoms with Gasteiger partial charge in [-0.2, -0.15) is 5.26 Å². The Morgan fingerprint density at radius 1 is 1.56 bits per heavy atom. The number of rotatable bonds is 4. The van der Waals surface area contributed by atoms with Crippen molar-refractivity contribution in [2.75, 3.05) is 18.4 Å². The Kier molecular flexibility index (Phi) is 4.73. The summed E-state index contributed by atoms with van der Waals surface area (Å²) in [5.41, 5.74) is 0.231. The second kappa shape index (κ2) is 6.08. The van der Waals surface area contributed by atoms with Crippen molar-refractivity contribution >= 4 is 27.5 Å². The number of nitriles is 1. The molecule has 0 aliphatic heterocycles. The maximum absolute atomic E-state index is 13.3. The van der Waals surface area contributed by atoms with Crippen molar-refractivity contribution in [2.24, 2.45) is 0 Å². The molecule has 0 atom stereocenters. The third kappa shape index (κ3) is 3.51. The SMILES string of the molecule is N#CCNC(=O)CNc1c(F)cccc1Br. The van der Waals surface area contributed by atoms with E-state index < -0.39 is 5.82 Å². The van der Waals surface area contributed by atoms with Crippen LogP contribution in [0.4, 0.5) is 10.1 Å². The summed E-state index contributed by atoms with van der Waals surface area (Å²) in [5, 5.41) is 13.2. The highest BCUT2D eigenvalue weighted by Crippen LogP contribution is 2.24. The zero-order chi connectivity index (χ0) is 12.0. The molecule has 4 nitrogen and oxygen atoms in total. The third-order valence-electron chi connectivity index (χ3n) is 1.75. The number of nitrogens with zero attached hydrogens (tertiary/aromatic N) is 1. The molecule has 0 fully saturated rings. The molecule has 0 aliphatic carbocycles. The van der Waals surface area contributed by atoms with Gasteiger partial charge in [0.05, 0.1) is 18.3 Å². The molecule has 1 aromatic rings. The lowest BCUT2D eigenvalue weighted by Crippen LogP contribution is -2.30. The first-order valence-corrected chi connectivity index (χ1v) is 5.26. The summed E-state index contributed by atoms with van der Waals surface area (Å²) in [6, 6.07) is 6.29. The molecule has 0 aliphatic rings. The van der Waals surface area contributed by atoms with E-state index in [1.165, 1.54) is 6.07 Å². The summed E-state index contributed by atoms with van der Waals surface area (Å²) >= 11 is 3.16. The second-order valence-corrected chi connectivity index (χ2v) is 3.74. The van der Waals surface area contributed by atoms with Gasteiger partial charge in [0.25, 0.3) is 0 Å². The van der Waals surface area contributed by atoms with Crippen LogP contribution in [0.25, 0.3) is 0 Å². The Labute approximate surface area is 101 Å². The first-order valence-electron chi connectivity index (χ1n) is 4.46. The van der Waals surface area contributed by atoms with Gasteiger partial charge in [0, 0.05) is 4.47 Å². The average molecular weight is 286 g/mol. The van der Waals surface area contributed by atoms with Crippen LogP contribution in [0.2, 0.25) is 0 Å². The summed E-state index contributed by atoms with van der Waals surface area (Å²) < 4.78 is 13.8. The minimum Gasteiger partial charge on any atom is -0.373 e. The highest BCUT2D eigenvalue weighted by molar-refractivity contribution is 9.10. The lowest BCUT2D eigenvalue weighted by atomic mass is 10.3. The number of hydrogen-bond acceptors (Lipinski definition) is 3. The largest absolute Gasteiger partial charge is 0.373 e. The number of halogens is 2. The molecular weight excluding hydrogens is 277 g/mol. The lowest BCUT2D eigenvalue weighted by molar-refractivity contribution is -0.119. The predicted molar refractivity (Wildman–Crippen MR) is 61.2 cm³/mol. The van der Waals surface area contributed by atoms with Crippen LogP contribution in [0.3, 0.4) is 0 Å². The normalized spacial score (nSPS) is 9.31. The van der Waals surface area contributed by atoms with Crippen molar-refractivity contribution in [3.63, 3.8) is 0 Å². The van der Waals surface area contributed by atoms with Crippen molar-refractivity contribution in [1.29, 1.82) is 5.26 Å². The smallest absolute Gasteiger partial charge is 0.240 e. The lowest BCUT2D eigenvalue weighted by Gasteiger charge is -2.08. The molecule has 0 aromatic heterocycles. The number of hydrogen-bond donors (Lipinski definition) is 2. The Morgan fingerprint density at radius 2 is 2.31 bits per heavy atom. The molecule has 0 saturated carbocycles. The van der Waals surface area contributed by atoms with Gasteiger partial charge in [-0.15, -0.1) is 0 Å². The van der Waals surface area contributed by atoms with Crippen LogP contribution in [0.1, 0.15) is 0 Å². The van der Waals surface area contributed by atoms with E-state index >= 15 is 0 Å². The first kappa shape index (κ1) is 12.5. The van der Waals surface area contributed by atoms with Gasteiger partial charge in [-0.25, -0.2) is 4.39 Å². The van der Waals surface area contributed by atoms with E-state index in [0.717, 1.165) is 0 Å². The van der Waals surface area contributed by atoms with E-state index in [1.807, 2.05) is 0 Å². The molecule has 0 spiro atoms. The first-order chi connectivity index (χ1) is 7.65. The topological polar surface area (TPSA) is 64.9 Å². The number of amides is 1. The Morgan fingerprint density at radius 3 is 2.94 bits per heavy atom. The average Bonchev–Trinajstić information content (AvgIpc) is 2.25. The fraction of sp³-hybridized carbons (Fsp3) is 0.200. The molecule has 1 rings (SSSR count). The minimum absolute atomic E-state index is 0.0566. The number of para-hydroxylation sites is 1. The fourth-order valence-electron chi connectivity index (χ4n) is 1.04. The fourth-order valence-corrected chi connectivity index (χ4v) is 1.52. The van der Waals surface area contributed by atoms with Crippen molar-refractivity contribution in [3.8, 4) is 6.07 Å². The molecule has 16 heavy (non-hydrogen) atoms. The van der Waals surface area contributed by atoms with Crippen molar-refractivity contribution in [2.45, 2.75) is 0 Å². The summed E-state index contributed by atoms with van der Waals surface area (Å²) in [7, 11) is 0. The van der Waals surface area contributed by atoms with Crippen molar-refractivity contribution in [1.82, 2.24) is 5.32 Å². The van der Waals surface area contributed by atoms with E-state index in [-0.39, 0.29) is 24.7 Å². The second-order valence-electron chi connectivity index (χ2n) is 2.89. The van der Waals surface area contributed by atoms with Crippen LogP contribution >= 0.6 is 15.9 Å². The van der Waals surface area contributed by atoms with Crippen LogP contribution in [-0.2, 0) is 4.79 Å². The van der Waals surface area contributed by atoms with Crippen LogP contribution in [0, 0.1) is 17.1 Å². The molecule has 1 amide bonds. The van der Waals surface area contributed by atoms with Crippen molar-refractivity contribution in [3.05, 3.63) is 28.5 Å². The van der Waals surface area contributed by atoms with E-state index in [0.29, 0.717) is 4.47 Å². The molecule has 0 heterocycles. The number of nitrogens with one attached hydrogen (secondary N) is 2. The van der Waals surface area contributed by atoms with Gasteiger partial charge in [0.2, 0.25) is 5.91 Å². The molecule has 6 heteroatoms. The van der Waals surface area contributed by atoms with Gasteiger partial charge in [-0.3, -0.25) is 4.79 Å². The molecule has 2 N–H and O–H groups in total. The van der Waals surface area contributed by atoms with Crippen molar-refractivity contribution < 1.29 is 9.18 Å². The van der Waals surface area contributed by atoms with Gasteiger partial charge >= 0.3 is 0 Å². The molecule has 0 bridgehead atoms. The van der Waals surface area contributed by atoms with E-state index in [2.05, 4.69) is 26.6 Å². The maximum Gasteiger partial charge on any atom is 0.240 e. The minimum atomic E-state index is -0.442. The quantitative estimate of drug-likeness (QED) is 0.827. The van der Waals surface area contributed by atoms with Gasteiger partial charge in [-0.05, 0) is 28.1 Å². The highest BCUT2D eigenvalue weighted by atomic mass is 79.9. The maximum atomic E-state index is 13.3. The molecule has 84 valence electrons. The molecule has 0 saturated heterocycles. The summed E-state index contributed by atoms with van der Waals surface area (Å²) in [6.07, 6.45) is 0. The van der Waals surface area contributed by atoms with Crippen LogP contribution in [0.5, 0.6) is 0 Å². The Balaban J connectivity index is 2.55. The highest BCUT2D eigenvalue weighted by Gasteiger charge is 2.07.